The van der Waals surface area contributed by atoms with E-state index >= 15 is 0 Å². The van der Waals surface area contributed by atoms with Gasteiger partial charge in [-0.25, -0.2) is 28.6 Å². The van der Waals surface area contributed by atoms with Crippen LogP contribution in [0.25, 0.3) is 11.2 Å². The monoisotopic (exact) mass is 1120 g/mol. The number of nitrogens with two attached hydrogens (primary N) is 1. The van der Waals surface area contributed by atoms with Crippen molar-refractivity contribution in [2.75, 3.05) is 37.8 Å². The lowest BCUT2D eigenvalue weighted by Gasteiger charge is -2.30. The van der Waals surface area contributed by atoms with E-state index in [1.54, 1.807) is 0 Å². The van der Waals surface area contributed by atoms with Crippen molar-refractivity contribution < 1.29 is 80.5 Å². The van der Waals surface area contributed by atoms with Crippen molar-refractivity contribution in [2.45, 2.75) is 193 Å². The molecule has 1 aliphatic rings. The fourth-order valence-corrected chi connectivity index (χ4v) is 11.7. The number of amides is 2. The number of rotatable bonds is 40. The molecular weight excluding hydrogens is 1040 g/mol. The average molecular weight is 1120 g/mol. The predicted octanol–water partition coefficient (Wildman–Crippen LogP) is 7.12. The minimum atomic E-state index is -5.58. The number of nitrogen functional groups attached to an aromatic ring is 1. The molecule has 3 heterocycles. The van der Waals surface area contributed by atoms with Crippen molar-refractivity contribution in [2.24, 2.45) is 11.3 Å². The van der Waals surface area contributed by atoms with E-state index in [0.717, 1.165) is 54.2 Å². The van der Waals surface area contributed by atoms with Crippen LogP contribution in [0.15, 0.2) is 12.7 Å². The van der Waals surface area contributed by atoms with Crippen molar-refractivity contribution in [3.8, 4) is 0 Å². The highest BCUT2D eigenvalue weighted by molar-refractivity contribution is 8.13. The SMILES string of the molecule is CCCCCCCCC(C)CCCCCCCCCCCCCC(=O)SCCNC(=O)CCNC(=O)C(O)C(C)(C)COP(=O)(O)OP(=O)(O)OCC1OC(n2cnc3c(N)ncnc32)C(O)C1OP(=O)(O)O. The number of carbonyl (C=O) groups is 3. The number of ether oxygens (including phenoxy) is 1. The summed E-state index contributed by atoms with van der Waals surface area (Å²) in [6.07, 6.45) is 17.9. The molecule has 3 rings (SSSR count). The topological polar surface area (TPSA) is 364 Å². The highest BCUT2D eigenvalue weighted by Gasteiger charge is 2.50. The Labute approximate surface area is 433 Å². The van der Waals surface area contributed by atoms with Crippen molar-refractivity contribution in [1.29, 1.82) is 0 Å². The second kappa shape index (κ2) is 33.0. The summed E-state index contributed by atoms with van der Waals surface area (Å²) in [7, 11) is -16.4. The molecule has 1 aliphatic heterocycles. The van der Waals surface area contributed by atoms with Gasteiger partial charge >= 0.3 is 23.5 Å². The van der Waals surface area contributed by atoms with E-state index < -0.39 is 84.6 Å². The van der Waals surface area contributed by atoms with Gasteiger partial charge in [-0.15, -0.1) is 0 Å². The number of unbranched alkanes of at least 4 members (excludes halogenated alkanes) is 15. The zero-order chi connectivity index (χ0) is 54.1. The number of thioether (sulfide) groups is 1. The normalized spacial score (nSPS) is 19.9. The second-order valence-electron chi connectivity index (χ2n) is 19.4. The van der Waals surface area contributed by atoms with Gasteiger partial charge in [0.25, 0.3) is 0 Å². The van der Waals surface area contributed by atoms with E-state index in [-0.39, 0.29) is 41.6 Å². The van der Waals surface area contributed by atoms with Crippen molar-refractivity contribution >= 4 is 69.1 Å². The molecule has 73 heavy (non-hydrogen) atoms. The average Bonchev–Trinajstić information content (AvgIpc) is 3.88. The molecule has 8 unspecified atom stereocenters. The molecule has 0 radical (unpaired) electrons. The van der Waals surface area contributed by atoms with Gasteiger partial charge in [-0.1, -0.05) is 155 Å². The number of nitrogens with zero attached hydrogens (tertiary/aromatic N) is 4. The minimum absolute atomic E-state index is 0.0344. The Morgan fingerprint density at radius 3 is 2.00 bits per heavy atom. The number of aliphatic hydroxyl groups is 2. The van der Waals surface area contributed by atoms with E-state index in [2.05, 4.69) is 48.3 Å². The zero-order valence-corrected chi connectivity index (χ0v) is 46.3. The number of fused-ring (bicyclic) bond motifs is 1. The first-order valence-electron chi connectivity index (χ1n) is 25.5. The van der Waals surface area contributed by atoms with Gasteiger partial charge in [0.05, 0.1) is 19.5 Å². The number of aliphatic hydroxyl groups excluding tert-OH is 2. The first-order chi connectivity index (χ1) is 34.4. The van der Waals surface area contributed by atoms with Crippen LogP contribution < -0.4 is 16.4 Å². The smallest absolute Gasteiger partial charge is 0.386 e. The molecule has 0 aliphatic carbocycles. The van der Waals surface area contributed by atoms with Gasteiger partial charge < -0.3 is 50.9 Å². The number of anilines is 1. The van der Waals surface area contributed by atoms with Gasteiger partial charge in [0.15, 0.2) is 22.8 Å². The molecule has 10 N–H and O–H groups in total. The molecule has 2 amide bonds. The van der Waals surface area contributed by atoms with Gasteiger partial charge in [-0.2, -0.15) is 4.31 Å². The molecule has 0 aromatic carbocycles. The number of imidazole rings is 1. The number of phosphoric ester groups is 3. The maximum absolute atomic E-state index is 12.8. The number of aromatic nitrogens is 4. The van der Waals surface area contributed by atoms with E-state index in [0.29, 0.717) is 12.2 Å². The molecule has 2 aromatic rings. The van der Waals surface area contributed by atoms with Crippen LogP contribution in [-0.4, -0.2) is 123 Å². The van der Waals surface area contributed by atoms with Gasteiger partial charge in [0, 0.05) is 37.1 Å². The van der Waals surface area contributed by atoms with Crippen LogP contribution in [0.2, 0.25) is 0 Å². The molecule has 24 nitrogen and oxygen atoms in total. The Morgan fingerprint density at radius 1 is 0.822 bits per heavy atom. The third-order valence-corrected chi connectivity index (χ3v) is 16.4. The number of carbonyl (C=O) groups excluding carboxylic acids is 3. The lowest BCUT2D eigenvalue weighted by atomic mass is 9.87. The van der Waals surface area contributed by atoms with Crippen LogP contribution in [0.5, 0.6) is 0 Å². The Bertz CT molecular complexity index is 2120. The van der Waals surface area contributed by atoms with E-state index in [1.165, 1.54) is 117 Å². The highest BCUT2D eigenvalue weighted by Crippen LogP contribution is 2.61. The van der Waals surface area contributed by atoms with Crippen LogP contribution in [0.4, 0.5) is 5.82 Å². The van der Waals surface area contributed by atoms with E-state index in [4.69, 9.17) is 19.5 Å². The number of phosphoric acid groups is 3. The van der Waals surface area contributed by atoms with Crippen molar-refractivity contribution in [3.63, 3.8) is 0 Å². The lowest BCUT2D eigenvalue weighted by Crippen LogP contribution is -2.46. The van der Waals surface area contributed by atoms with E-state index in [1.807, 2.05) is 0 Å². The largest absolute Gasteiger partial charge is 0.481 e. The standard InChI is InChI=1S/C45H82N7O17P3S/c1-5-6-7-8-16-19-22-33(2)23-20-17-14-12-10-9-11-13-15-18-21-24-36(54)73-28-27-47-35(53)25-26-48-43(57)40(56)45(3,4)30-66-72(63,64)69-71(61,62)65-29-34-39(68-70(58,59)60)38(55)44(67-34)52-32-51-37-41(46)49-31-50-42(37)52/h31-34,38-40,44,55-56H,5-30H2,1-4H3,(H,47,53)(H,48,57)(H,61,62)(H,63,64)(H2,46,49,50)(H2,58,59,60). The number of nitrogens with one attached hydrogen (secondary N) is 2. The Balaban J connectivity index is 1.23. The summed E-state index contributed by atoms with van der Waals surface area (Å²) in [5.74, 6) is -0.156. The molecule has 8 atom stereocenters. The molecule has 2 aromatic heterocycles. The predicted molar refractivity (Wildman–Crippen MR) is 274 cm³/mol. The van der Waals surface area contributed by atoms with E-state index in [9.17, 15) is 57.9 Å². The van der Waals surface area contributed by atoms with Crippen LogP contribution in [0.3, 0.4) is 0 Å². The molecule has 0 saturated carbocycles. The van der Waals surface area contributed by atoms with Crippen LogP contribution >= 0.6 is 35.2 Å². The maximum Gasteiger partial charge on any atom is 0.481 e. The Morgan fingerprint density at radius 2 is 1.40 bits per heavy atom. The summed E-state index contributed by atoms with van der Waals surface area (Å²) in [4.78, 5) is 88.6. The molecule has 0 bridgehead atoms. The van der Waals surface area contributed by atoms with Crippen LogP contribution in [0, 0.1) is 11.3 Å². The third-order valence-electron chi connectivity index (χ3n) is 12.4. The fourth-order valence-electron chi connectivity index (χ4n) is 8.14. The summed E-state index contributed by atoms with van der Waals surface area (Å²) < 4.78 is 62.5. The molecule has 1 fully saturated rings. The van der Waals surface area contributed by atoms with Crippen LogP contribution in [-0.2, 0) is 50.7 Å². The molecular formula is C45H82N7O17P3S. The van der Waals surface area contributed by atoms with Crippen molar-refractivity contribution in [1.82, 2.24) is 30.2 Å². The van der Waals surface area contributed by atoms with Gasteiger partial charge in [-0.05, 0) is 12.3 Å². The minimum Gasteiger partial charge on any atom is -0.386 e. The highest BCUT2D eigenvalue weighted by atomic mass is 32.2. The second-order valence-corrected chi connectivity index (χ2v) is 24.8. The Hall–Kier alpha value is -2.44. The Kier molecular flexibility index (Phi) is 29.3. The van der Waals surface area contributed by atoms with Crippen LogP contribution in [0.1, 0.15) is 169 Å². The quantitative estimate of drug-likeness (QED) is 0.0237. The molecule has 420 valence electrons. The van der Waals surface area contributed by atoms with Gasteiger partial charge in [0.2, 0.25) is 11.8 Å². The molecule has 28 heteroatoms. The molecule has 1 saturated heterocycles. The first kappa shape index (κ1) is 64.8. The maximum atomic E-state index is 12.8. The van der Waals surface area contributed by atoms with Gasteiger partial charge in [0.1, 0.15) is 36.3 Å². The zero-order valence-electron chi connectivity index (χ0n) is 42.8. The summed E-state index contributed by atoms with van der Waals surface area (Å²) >= 11 is 1.16. The number of hydrogen-bond donors (Lipinski definition) is 9. The summed E-state index contributed by atoms with van der Waals surface area (Å²) in [6, 6.07) is 0. The first-order valence-corrected chi connectivity index (χ1v) is 31.0. The van der Waals surface area contributed by atoms with Gasteiger partial charge in [-0.3, -0.25) is 32.5 Å². The third kappa shape index (κ3) is 25.5. The number of hydrogen-bond acceptors (Lipinski definition) is 18. The fraction of sp³-hybridized carbons (Fsp3) is 0.822. The molecule has 0 spiro atoms. The lowest BCUT2D eigenvalue weighted by molar-refractivity contribution is -0.137. The summed E-state index contributed by atoms with van der Waals surface area (Å²) in [6.45, 7) is 5.26. The van der Waals surface area contributed by atoms with Crippen molar-refractivity contribution in [3.05, 3.63) is 12.7 Å². The summed E-state index contributed by atoms with van der Waals surface area (Å²) in [5, 5.41) is 26.7. The summed E-state index contributed by atoms with van der Waals surface area (Å²) in [5.41, 5.74) is 4.30.